The van der Waals surface area contributed by atoms with Gasteiger partial charge in [0, 0.05) is 13.1 Å². The molecule has 0 atom stereocenters. The molecule has 0 amide bonds. The van der Waals surface area contributed by atoms with Gasteiger partial charge in [0.05, 0.1) is 12.2 Å². The molecule has 16 heavy (non-hydrogen) atoms. The highest BCUT2D eigenvalue weighted by molar-refractivity contribution is 4.89. The molecule has 92 valence electrons. The SMILES string of the molecule is CC#CC.CN1CCC(OC2CCC2)CC1. The second-order valence-electron chi connectivity index (χ2n) is 4.69. The van der Waals surface area contributed by atoms with Gasteiger partial charge in [-0.1, -0.05) is 0 Å². The molecule has 0 spiro atoms. The Bertz CT molecular complexity index is 223. The van der Waals surface area contributed by atoms with E-state index in [9.17, 15) is 0 Å². The van der Waals surface area contributed by atoms with Gasteiger partial charge in [0.1, 0.15) is 0 Å². The van der Waals surface area contributed by atoms with Crippen LogP contribution < -0.4 is 0 Å². The van der Waals surface area contributed by atoms with Gasteiger partial charge in [-0.15, -0.1) is 11.8 Å². The van der Waals surface area contributed by atoms with E-state index in [2.05, 4.69) is 23.8 Å². The normalized spacial score (nSPS) is 22.4. The number of nitrogens with zero attached hydrogens (tertiary/aromatic N) is 1. The molecule has 2 fully saturated rings. The zero-order valence-corrected chi connectivity index (χ0v) is 11.0. The predicted molar refractivity (Wildman–Crippen MR) is 68.4 cm³/mol. The Balaban J connectivity index is 0.000000280. The van der Waals surface area contributed by atoms with Crippen molar-refractivity contribution in [1.82, 2.24) is 4.90 Å². The van der Waals surface area contributed by atoms with Crippen molar-refractivity contribution in [2.24, 2.45) is 0 Å². The lowest BCUT2D eigenvalue weighted by molar-refractivity contribution is -0.0713. The molecule has 0 aromatic rings. The van der Waals surface area contributed by atoms with E-state index >= 15 is 0 Å². The number of likely N-dealkylation sites (tertiary alicyclic amines) is 1. The molecule has 1 aliphatic heterocycles. The van der Waals surface area contributed by atoms with Gasteiger partial charge in [0.15, 0.2) is 0 Å². The summed E-state index contributed by atoms with van der Waals surface area (Å²) in [6.45, 7) is 6.08. The maximum Gasteiger partial charge on any atom is 0.0603 e. The molecule has 2 heteroatoms. The largest absolute Gasteiger partial charge is 0.375 e. The van der Waals surface area contributed by atoms with E-state index in [0.29, 0.717) is 12.2 Å². The van der Waals surface area contributed by atoms with Crippen molar-refractivity contribution >= 4 is 0 Å². The molecule has 0 unspecified atom stereocenters. The van der Waals surface area contributed by atoms with Gasteiger partial charge in [-0.25, -0.2) is 0 Å². The van der Waals surface area contributed by atoms with Gasteiger partial charge >= 0.3 is 0 Å². The number of hydrogen-bond donors (Lipinski definition) is 0. The van der Waals surface area contributed by atoms with Gasteiger partial charge in [-0.3, -0.25) is 0 Å². The van der Waals surface area contributed by atoms with Crippen molar-refractivity contribution < 1.29 is 4.74 Å². The molecule has 1 aliphatic carbocycles. The third-order valence-corrected chi connectivity index (χ3v) is 3.35. The van der Waals surface area contributed by atoms with Crippen LogP contribution in [0, 0.1) is 11.8 Å². The van der Waals surface area contributed by atoms with Crippen molar-refractivity contribution in [3.63, 3.8) is 0 Å². The average molecular weight is 223 g/mol. The second kappa shape index (κ2) is 7.70. The molecule has 2 rings (SSSR count). The van der Waals surface area contributed by atoms with Gasteiger partial charge < -0.3 is 9.64 Å². The van der Waals surface area contributed by atoms with Crippen LogP contribution in [-0.2, 0) is 4.74 Å². The fourth-order valence-electron chi connectivity index (χ4n) is 1.90. The third kappa shape index (κ3) is 5.01. The summed E-state index contributed by atoms with van der Waals surface area (Å²) in [4.78, 5) is 2.39. The van der Waals surface area contributed by atoms with Crippen LogP contribution in [-0.4, -0.2) is 37.2 Å². The quantitative estimate of drug-likeness (QED) is 0.667. The lowest BCUT2D eigenvalue weighted by atomic mass is 9.95. The molecule has 0 N–H and O–H groups in total. The van der Waals surface area contributed by atoms with E-state index < -0.39 is 0 Å². The highest BCUT2D eigenvalue weighted by atomic mass is 16.5. The second-order valence-corrected chi connectivity index (χ2v) is 4.69. The summed E-state index contributed by atoms with van der Waals surface area (Å²) >= 11 is 0. The van der Waals surface area contributed by atoms with E-state index in [-0.39, 0.29) is 0 Å². The lowest BCUT2D eigenvalue weighted by Gasteiger charge is -2.34. The van der Waals surface area contributed by atoms with Crippen LogP contribution in [0.4, 0.5) is 0 Å². The molecular formula is C14H25NO. The third-order valence-electron chi connectivity index (χ3n) is 3.35. The summed E-state index contributed by atoms with van der Waals surface area (Å²) in [5, 5.41) is 0. The van der Waals surface area contributed by atoms with E-state index in [4.69, 9.17) is 4.74 Å². The topological polar surface area (TPSA) is 12.5 Å². The molecule has 1 saturated heterocycles. The fourth-order valence-corrected chi connectivity index (χ4v) is 1.90. The first-order chi connectivity index (χ1) is 7.76. The Morgan fingerprint density at radius 1 is 0.938 bits per heavy atom. The van der Waals surface area contributed by atoms with Gasteiger partial charge in [-0.05, 0) is 53.0 Å². The molecule has 2 nitrogen and oxygen atoms in total. The molecule has 0 aromatic heterocycles. The first kappa shape index (κ1) is 13.5. The van der Waals surface area contributed by atoms with Crippen LogP contribution in [0.1, 0.15) is 46.0 Å². The maximum absolute atomic E-state index is 5.95. The van der Waals surface area contributed by atoms with Gasteiger partial charge in [0.25, 0.3) is 0 Å². The summed E-state index contributed by atoms with van der Waals surface area (Å²) in [5.74, 6) is 5.36. The van der Waals surface area contributed by atoms with E-state index in [1.807, 2.05) is 13.8 Å². The lowest BCUT2D eigenvalue weighted by Crippen LogP contribution is -2.37. The minimum absolute atomic E-state index is 0.575. The summed E-state index contributed by atoms with van der Waals surface area (Å²) in [6.07, 6.45) is 7.69. The van der Waals surface area contributed by atoms with Crippen LogP contribution in [0.3, 0.4) is 0 Å². The molecule has 2 aliphatic rings. The van der Waals surface area contributed by atoms with E-state index in [0.717, 1.165) is 0 Å². The number of rotatable bonds is 2. The van der Waals surface area contributed by atoms with Crippen molar-refractivity contribution in [1.29, 1.82) is 0 Å². The Morgan fingerprint density at radius 3 is 1.81 bits per heavy atom. The van der Waals surface area contributed by atoms with E-state index in [1.54, 1.807) is 0 Å². The monoisotopic (exact) mass is 223 g/mol. The van der Waals surface area contributed by atoms with Crippen molar-refractivity contribution in [3.8, 4) is 11.8 Å². The molecule has 1 saturated carbocycles. The highest BCUT2D eigenvalue weighted by Crippen LogP contribution is 2.26. The first-order valence-electron chi connectivity index (χ1n) is 6.43. The Labute approximate surface area is 100 Å². The Kier molecular flexibility index (Phi) is 6.52. The molecule has 0 bridgehead atoms. The van der Waals surface area contributed by atoms with Crippen molar-refractivity contribution in [2.45, 2.75) is 58.2 Å². The zero-order chi connectivity index (χ0) is 11.8. The molecular weight excluding hydrogens is 198 g/mol. The number of ether oxygens (including phenoxy) is 1. The molecule has 0 aromatic carbocycles. The minimum Gasteiger partial charge on any atom is -0.375 e. The van der Waals surface area contributed by atoms with Crippen LogP contribution in [0.5, 0.6) is 0 Å². The summed E-state index contributed by atoms with van der Waals surface area (Å²) in [5.41, 5.74) is 0. The molecule has 1 heterocycles. The predicted octanol–water partition coefficient (Wildman–Crippen LogP) is 2.68. The first-order valence-corrected chi connectivity index (χ1v) is 6.43. The van der Waals surface area contributed by atoms with Crippen LogP contribution >= 0.6 is 0 Å². The van der Waals surface area contributed by atoms with Crippen LogP contribution in [0.2, 0.25) is 0 Å². The van der Waals surface area contributed by atoms with Crippen LogP contribution in [0.15, 0.2) is 0 Å². The minimum atomic E-state index is 0.575. The van der Waals surface area contributed by atoms with Crippen molar-refractivity contribution in [2.75, 3.05) is 20.1 Å². The number of piperidine rings is 1. The van der Waals surface area contributed by atoms with Gasteiger partial charge in [0.2, 0.25) is 0 Å². The zero-order valence-electron chi connectivity index (χ0n) is 11.0. The standard InChI is InChI=1S/C10H19NO.C4H6/c1-11-7-5-10(6-8-11)12-9-3-2-4-9;1-3-4-2/h9-10H,2-8H2,1H3;1-2H3. The Hall–Kier alpha value is -0.520. The van der Waals surface area contributed by atoms with Gasteiger partial charge in [-0.2, -0.15) is 0 Å². The summed E-state index contributed by atoms with van der Waals surface area (Å²) in [6, 6.07) is 0. The molecule has 0 radical (unpaired) electrons. The van der Waals surface area contributed by atoms with Crippen molar-refractivity contribution in [3.05, 3.63) is 0 Å². The summed E-state index contributed by atoms with van der Waals surface area (Å²) in [7, 11) is 2.19. The average Bonchev–Trinajstić information content (AvgIpc) is 2.26. The van der Waals surface area contributed by atoms with E-state index in [1.165, 1.54) is 45.2 Å². The number of hydrogen-bond acceptors (Lipinski definition) is 2. The van der Waals surface area contributed by atoms with Crippen LogP contribution in [0.25, 0.3) is 0 Å². The fraction of sp³-hybridized carbons (Fsp3) is 0.857. The Morgan fingerprint density at radius 2 is 1.44 bits per heavy atom. The summed E-state index contributed by atoms with van der Waals surface area (Å²) < 4.78 is 5.95. The maximum atomic E-state index is 5.95. The smallest absolute Gasteiger partial charge is 0.0603 e. The highest BCUT2D eigenvalue weighted by Gasteiger charge is 2.24.